The molecule has 0 radical (unpaired) electrons. The van der Waals surface area contributed by atoms with Crippen LogP contribution in [0.5, 0.6) is 11.5 Å². The number of methoxy groups -OCH3 is 2. The molecule has 0 atom stereocenters. The highest BCUT2D eigenvalue weighted by molar-refractivity contribution is 6.00. The van der Waals surface area contributed by atoms with E-state index in [4.69, 9.17) is 19.4 Å². The van der Waals surface area contributed by atoms with E-state index in [9.17, 15) is 0 Å². The number of hydrogen-bond donors (Lipinski definition) is 1. The summed E-state index contributed by atoms with van der Waals surface area (Å²) < 4.78 is 15.8. The molecule has 0 spiro atoms. The molecule has 0 amide bonds. The van der Waals surface area contributed by atoms with Crippen molar-refractivity contribution in [2.45, 2.75) is 13.3 Å². The molecule has 0 unspecified atom stereocenters. The Hall–Kier alpha value is -1.75. The molecule has 0 aliphatic carbocycles. The fraction of sp³-hybridized carbons (Fsp3) is 0.462. The fourth-order valence-electron chi connectivity index (χ4n) is 1.49. The second-order valence-corrected chi connectivity index (χ2v) is 3.74. The molecule has 0 bridgehead atoms. The Morgan fingerprint density at radius 3 is 2.67 bits per heavy atom. The van der Waals surface area contributed by atoms with Gasteiger partial charge in [0.05, 0.1) is 19.4 Å². The number of oxime groups is 1. The monoisotopic (exact) mass is 253 g/mol. The van der Waals surface area contributed by atoms with Crippen molar-refractivity contribution in [1.82, 2.24) is 0 Å². The Bertz CT molecular complexity index is 404. The van der Waals surface area contributed by atoms with E-state index >= 15 is 0 Å². The minimum atomic E-state index is 0.499. The van der Waals surface area contributed by atoms with Crippen LogP contribution in [0.15, 0.2) is 23.4 Å². The summed E-state index contributed by atoms with van der Waals surface area (Å²) in [5.41, 5.74) is 1.25. The van der Waals surface area contributed by atoms with Gasteiger partial charge in [0.25, 0.3) is 0 Å². The van der Waals surface area contributed by atoms with Crippen LogP contribution in [0.4, 0.5) is 0 Å². The summed E-state index contributed by atoms with van der Waals surface area (Å²) in [6, 6.07) is 5.38. The third-order valence-corrected chi connectivity index (χ3v) is 2.48. The lowest BCUT2D eigenvalue weighted by Gasteiger charge is -2.12. The SMILES string of the molecule is COCCCOc1cc(OC)ccc1/C(C)=N/O. The molecule has 1 rings (SSSR count). The fourth-order valence-corrected chi connectivity index (χ4v) is 1.49. The number of rotatable bonds is 7. The molecular weight excluding hydrogens is 234 g/mol. The Kier molecular flexibility index (Phi) is 6.00. The molecule has 0 fully saturated rings. The highest BCUT2D eigenvalue weighted by atomic mass is 16.5. The normalized spacial score (nSPS) is 11.4. The minimum Gasteiger partial charge on any atom is -0.497 e. The standard InChI is InChI=1S/C13H19NO4/c1-10(14-15)12-6-5-11(17-3)9-13(12)18-8-4-7-16-2/h5-6,9,15H,4,7-8H2,1-3H3/b14-10+. The van der Waals surface area contributed by atoms with Gasteiger partial charge >= 0.3 is 0 Å². The predicted octanol–water partition coefficient (Wildman–Crippen LogP) is 2.31. The van der Waals surface area contributed by atoms with Crippen molar-refractivity contribution in [1.29, 1.82) is 0 Å². The molecule has 5 heteroatoms. The maximum absolute atomic E-state index is 8.83. The summed E-state index contributed by atoms with van der Waals surface area (Å²) in [6.45, 7) is 2.89. The number of hydrogen-bond acceptors (Lipinski definition) is 5. The van der Waals surface area contributed by atoms with Gasteiger partial charge in [0, 0.05) is 31.8 Å². The number of benzene rings is 1. The van der Waals surface area contributed by atoms with E-state index in [-0.39, 0.29) is 0 Å². The van der Waals surface area contributed by atoms with Crippen molar-refractivity contribution in [3.8, 4) is 11.5 Å². The molecule has 0 aromatic heterocycles. The lowest BCUT2D eigenvalue weighted by atomic mass is 10.1. The quantitative estimate of drug-likeness (QED) is 0.350. The third-order valence-electron chi connectivity index (χ3n) is 2.48. The van der Waals surface area contributed by atoms with Crippen molar-refractivity contribution in [3.63, 3.8) is 0 Å². The van der Waals surface area contributed by atoms with Crippen LogP contribution >= 0.6 is 0 Å². The van der Waals surface area contributed by atoms with E-state index in [0.717, 1.165) is 12.0 Å². The van der Waals surface area contributed by atoms with Crippen molar-refractivity contribution in [3.05, 3.63) is 23.8 Å². The molecule has 0 saturated heterocycles. The molecule has 1 N–H and O–H groups in total. The van der Waals surface area contributed by atoms with E-state index in [1.807, 2.05) is 0 Å². The van der Waals surface area contributed by atoms with Crippen LogP contribution in [0.2, 0.25) is 0 Å². The molecule has 0 heterocycles. The van der Waals surface area contributed by atoms with E-state index < -0.39 is 0 Å². The molecule has 1 aromatic carbocycles. The predicted molar refractivity (Wildman–Crippen MR) is 69.0 cm³/mol. The van der Waals surface area contributed by atoms with Crippen LogP contribution in [0.3, 0.4) is 0 Å². The zero-order chi connectivity index (χ0) is 13.4. The summed E-state index contributed by atoms with van der Waals surface area (Å²) in [6.07, 6.45) is 0.794. The Labute approximate surface area is 107 Å². The molecule has 0 aliphatic heterocycles. The average molecular weight is 253 g/mol. The van der Waals surface area contributed by atoms with Crippen molar-refractivity contribution in [2.75, 3.05) is 27.4 Å². The van der Waals surface area contributed by atoms with Crippen LogP contribution in [0, 0.1) is 0 Å². The molecule has 100 valence electrons. The van der Waals surface area contributed by atoms with Crippen LogP contribution in [0.25, 0.3) is 0 Å². The van der Waals surface area contributed by atoms with Crippen LogP contribution in [-0.4, -0.2) is 38.4 Å². The van der Waals surface area contributed by atoms with Gasteiger partial charge in [-0.05, 0) is 19.1 Å². The maximum Gasteiger partial charge on any atom is 0.132 e. The van der Waals surface area contributed by atoms with E-state index in [0.29, 0.717) is 30.4 Å². The third kappa shape index (κ3) is 3.92. The first-order valence-electron chi connectivity index (χ1n) is 5.71. The molecule has 0 aliphatic rings. The zero-order valence-corrected chi connectivity index (χ0v) is 11.0. The molecule has 0 saturated carbocycles. The van der Waals surface area contributed by atoms with Gasteiger partial charge in [-0.1, -0.05) is 5.16 Å². The van der Waals surface area contributed by atoms with Gasteiger partial charge in [0.1, 0.15) is 11.5 Å². The molecule has 1 aromatic rings. The van der Waals surface area contributed by atoms with Crippen molar-refractivity contribution < 1.29 is 19.4 Å². The molecular formula is C13H19NO4. The van der Waals surface area contributed by atoms with Gasteiger partial charge in [-0.2, -0.15) is 0 Å². The Morgan fingerprint density at radius 2 is 2.06 bits per heavy atom. The summed E-state index contributed by atoms with van der Waals surface area (Å²) in [7, 11) is 3.25. The number of ether oxygens (including phenoxy) is 3. The summed E-state index contributed by atoms with van der Waals surface area (Å²) in [5, 5.41) is 12.0. The largest absolute Gasteiger partial charge is 0.497 e. The van der Waals surface area contributed by atoms with Crippen LogP contribution in [0.1, 0.15) is 18.9 Å². The molecule has 18 heavy (non-hydrogen) atoms. The Morgan fingerprint density at radius 1 is 1.28 bits per heavy atom. The highest BCUT2D eigenvalue weighted by Gasteiger charge is 2.09. The van der Waals surface area contributed by atoms with Gasteiger partial charge in [-0.25, -0.2) is 0 Å². The first-order valence-corrected chi connectivity index (χ1v) is 5.71. The summed E-state index contributed by atoms with van der Waals surface area (Å²) in [5.74, 6) is 1.34. The summed E-state index contributed by atoms with van der Waals surface area (Å²) in [4.78, 5) is 0. The maximum atomic E-state index is 8.83. The molecule has 5 nitrogen and oxygen atoms in total. The lowest BCUT2D eigenvalue weighted by Crippen LogP contribution is -2.06. The van der Waals surface area contributed by atoms with E-state index in [1.54, 1.807) is 39.3 Å². The van der Waals surface area contributed by atoms with Gasteiger partial charge in [-0.15, -0.1) is 0 Å². The first kappa shape index (κ1) is 14.3. The average Bonchev–Trinajstić information content (AvgIpc) is 2.42. The minimum absolute atomic E-state index is 0.499. The van der Waals surface area contributed by atoms with Crippen LogP contribution < -0.4 is 9.47 Å². The van der Waals surface area contributed by atoms with Gasteiger partial charge in [0.2, 0.25) is 0 Å². The van der Waals surface area contributed by atoms with Crippen molar-refractivity contribution in [2.24, 2.45) is 5.16 Å². The highest BCUT2D eigenvalue weighted by Crippen LogP contribution is 2.25. The topological polar surface area (TPSA) is 60.3 Å². The van der Waals surface area contributed by atoms with Crippen molar-refractivity contribution >= 4 is 5.71 Å². The second kappa shape index (κ2) is 7.55. The second-order valence-electron chi connectivity index (χ2n) is 3.74. The van der Waals surface area contributed by atoms with Crippen LogP contribution in [-0.2, 0) is 4.74 Å². The van der Waals surface area contributed by atoms with E-state index in [1.165, 1.54) is 0 Å². The lowest BCUT2D eigenvalue weighted by molar-refractivity contribution is 0.172. The van der Waals surface area contributed by atoms with E-state index in [2.05, 4.69) is 5.16 Å². The van der Waals surface area contributed by atoms with Gasteiger partial charge < -0.3 is 19.4 Å². The number of nitrogens with zero attached hydrogens (tertiary/aromatic N) is 1. The van der Waals surface area contributed by atoms with Gasteiger partial charge in [-0.3, -0.25) is 0 Å². The summed E-state index contributed by atoms with van der Waals surface area (Å²) >= 11 is 0. The Balaban J connectivity index is 2.83. The smallest absolute Gasteiger partial charge is 0.132 e. The zero-order valence-electron chi connectivity index (χ0n) is 11.0. The van der Waals surface area contributed by atoms with Gasteiger partial charge in [0.15, 0.2) is 0 Å². The first-order chi connectivity index (χ1) is 8.72.